The van der Waals surface area contributed by atoms with Crippen molar-refractivity contribution in [2.75, 3.05) is 5.32 Å². The topological polar surface area (TPSA) is 80.2 Å². The number of aryl methyl sites for hydroxylation is 2. The number of carbonyl (C=O) groups excluding carboxylic acids is 2. The summed E-state index contributed by atoms with van der Waals surface area (Å²) in [7, 11) is 1.60. The van der Waals surface area contributed by atoms with E-state index >= 15 is 0 Å². The van der Waals surface area contributed by atoms with E-state index in [1.165, 1.54) is 10.1 Å². The smallest absolute Gasteiger partial charge is 0.313 e. The van der Waals surface area contributed by atoms with Gasteiger partial charge in [0.05, 0.1) is 6.04 Å². The molecule has 0 aliphatic heterocycles. The van der Waals surface area contributed by atoms with Gasteiger partial charge in [0, 0.05) is 13.2 Å². The molecule has 0 saturated heterocycles. The number of allylic oxidation sites excluding steroid dienone is 1. The van der Waals surface area contributed by atoms with E-state index < -0.39 is 11.8 Å². The molecule has 0 spiro atoms. The second-order valence-corrected chi connectivity index (χ2v) is 6.18. The number of nitrogens with one attached hydrogen (secondary N) is 2. The van der Waals surface area contributed by atoms with Crippen LogP contribution in [0.2, 0.25) is 0 Å². The number of hydrogen-bond acceptors (Lipinski definition) is 3. The fourth-order valence-corrected chi connectivity index (χ4v) is 2.84. The third-order valence-electron chi connectivity index (χ3n) is 4.32. The number of aromatic nitrogens is 1. The lowest BCUT2D eigenvalue weighted by atomic mass is 9.89. The Bertz CT molecular complexity index is 731. The summed E-state index contributed by atoms with van der Waals surface area (Å²) in [6.45, 7) is 5.84. The SMILES string of the molecule is CC1=C(C)C(NC(=O)C(=O)Nc2cc(C)cn(C)c2=O)CCC1. The molecule has 1 aromatic heterocycles. The molecule has 1 aliphatic rings. The van der Waals surface area contributed by atoms with Crippen LogP contribution in [0.3, 0.4) is 0 Å². The minimum absolute atomic E-state index is 0.109. The third-order valence-corrected chi connectivity index (χ3v) is 4.32. The van der Waals surface area contributed by atoms with E-state index in [4.69, 9.17) is 0 Å². The molecule has 124 valence electrons. The molecule has 1 unspecified atom stereocenters. The molecule has 1 aromatic rings. The summed E-state index contributed by atoms with van der Waals surface area (Å²) >= 11 is 0. The maximum Gasteiger partial charge on any atom is 0.313 e. The van der Waals surface area contributed by atoms with Crippen LogP contribution < -0.4 is 16.2 Å². The van der Waals surface area contributed by atoms with Gasteiger partial charge in [-0.2, -0.15) is 0 Å². The minimum Gasteiger partial charge on any atom is -0.341 e. The lowest BCUT2D eigenvalue weighted by molar-refractivity contribution is -0.136. The molecule has 6 heteroatoms. The van der Waals surface area contributed by atoms with E-state index in [-0.39, 0.29) is 17.3 Å². The Morgan fingerprint density at radius 1 is 1.22 bits per heavy atom. The van der Waals surface area contributed by atoms with Crippen molar-refractivity contribution in [2.45, 2.75) is 46.1 Å². The van der Waals surface area contributed by atoms with E-state index in [9.17, 15) is 14.4 Å². The summed E-state index contributed by atoms with van der Waals surface area (Å²) in [6, 6.07) is 1.45. The van der Waals surface area contributed by atoms with Crippen molar-refractivity contribution in [3.05, 3.63) is 39.3 Å². The first-order valence-electron chi connectivity index (χ1n) is 7.75. The van der Waals surface area contributed by atoms with Gasteiger partial charge in [-0.05, 0) is 51.7 Å². The Morgan fingerprint density at radius 2 is 1.91 bits per heavy atom. The lowest BCUT2D eigenvalue weighted by Crippen LogP contribution is -2.44. The molecule has 0 aromatic carbocycles. The van der Waals surface area contributed by atoms with Crippen LogP contribution in [0, 0.1) is 6.92 Å². The van der Waals surface area contributed by atoms with Gasteiger partial charge in [0.1, 0.15) is 5.69 Å². The largest absolute Gasteiger partial charge is 0.341 e. The maximum atomic E-state index is 12.1. The van der Waals surface area contributed by atoms with Crippen LogP contribution in [-0.4, -0.2) is 22.4 Å². The molecule has 1 aliphatic carbocycles. The van der Waals surface area contributed by atoms with Crippen LogP contribution in [0.5, 0.6) is 0 Å². The molecular weight excluding hydrogens is 294 g/mol. The summed E-state index contributed by atoms with van der Waals surface area (Å²) in [5, 5.41) is 5.16. The van der Waals surface area contributed by atoms with Crippen LogP contribution in [0.25, 0.3) is 0 Å². The molecule has 23 heavy (non-hydrogen) atoms. The number of anilines is 1. The van der Waals surface area contributed by atoms with Gasteiger partial charge in [-0.3, -0.25) is 14.4 Å². The summed E-state index contributed by atoms with van der Waals surface area (Å²) in [6.07, 6.45) is 4.52. The van der Waals surface area contributed by atoms with Crippen LogP contribution >= 0.6 is 0 Å². The summed E-state index contributed by atoms with van der Waals surface area (Å²) in [4.78, 5) is 36.1. The second kappa shape index (κ2) is 6.81. The molecule has 0 fully saturated rings. The molecule has 1 heterocycles. The highest BCUT2D eigenvalue weighted by atomic mass is 16.2. The first kappa shape index (κ1) is 17.0. The van der Waals surface area contributed by atoms with Crippen molar-refractivity contribution < 1.29 is 9.59 Å². The van der Waals surface area contributed by atoms with Crippen LogP contribution in [0.15, 0.2) is 28.2 Å². The Hall–Kier alpha value is -2.37. The Labute approximate surface area is 135 Å². The van der Waals surface area contributed by atoms with Gasteiger partial charge in [-0.15, -0.1) is 0 Å². The highest BCUT2D eigenvalue weighted by Gasteiger charge is 2.23. The van der Waals surface area contributed by atoms with Crippen molar-refractivity contribution in [1.82, 2.24) is 9.88 Å². The molecular formula is C17H23N3O3. The maximum absolute atomic E-state index is 12.1. The van der Waals surface area contributed by atoms with Gasteiger partial charge in [-0.1, -0.05) is 11.1 Å². The van der Waals surface area contributed by atoms with Crippen LogP contribution in [0.1, 0.15) is 38.7 Å². The van der Waals surface area contributed by atoms with Crippen molar-refractivity contribution in [3.63, 3.8) is 0 Å². The lowest BCUT2D eigenvalue weighted by Gasteiger charge is -2.25. The Balaban J connectivity index is 2.08. The third kappa shape index (κ3) is 3.88. The first-order valence-corrected chi connectivity index (χ1v) is 7.75. The molecule has 0 bridgehead atoms. The zero-order chi connectivity index (χ0) is 17.1. The molecule has 1 atom stereocenters. The van der Waals surface area contributed by atoms with Gasteiger partial charge in [-0.25, -0.2) is 0 Å². The second-order valence-electron chi connectivity index (χ2n) is 6.18. The molecule has 2 amide bonds. The summed E-state index contributed by atoms with van der Waals surface area (Å²) < 4.78 is 1.38. The van der Waals surface area contributed by atoms with E-state index in [0.717, 1.165) is 30.4 Å². The number of nitrogens with zero attached hydrogens (tertiary/aromatic N) is 1. The molecule has 0 radical (unpaired) electrons. The predicted octanol–water partition coefficient (Wildman–Crippen LogP) is 1.64. The number of hydrogen-bond donors (Lipinski definition) is 2. The summed E-state index contributed by atoms with van der Waals surface area (Å²) in [5.41, 5.74) is 2.96. The van der Waals surface area contributed by atoms with Crippen LogP contribution in [-0.2, 0) is 16.6 Å². The highest BCUT2D eigenvalue weighted by Crippen LogP contribution is 2.24. The fourth-order valence-electron chi connectivity index (χ4n) is 2.84. The van der Waals surface area contributed by atoms with Crippen molar-refractivity contribution >= 4 is 17.5 Å². The number of amides is 2. The number of pyridine rings is 1. The van der Waals surface area contributed by atoms with Gasteiger partial charge in [0.2, 0.25) is 0 Å². The van der Waals surface area contributed by atoms with Crippen molar-refractivity contribution in [2.24, 2.45) is 7.05 Å². The van der Waals surface area contributed by atoms with E-state index in [2.05, 4.69) is 10.6 Å². The van der Waals surface area contributed by atoms with Gasteiger partial charge < -0.3 is 15.2 Å². The molecule has 2 rings (SSSR count). The quantitative estimate of drug-likeness (QED) is 0.643. The molecule has 6 nitrogen and oxygen atoms in total. The highest BCUT2D eigenvalue weighted by molar-refractivity contribution is 6.39. The normalized spacial score (nSPS) is 17.8. The van der Waals surface area contributed by atoms with E-state index in [0.29, 0.717) is 0 Å². The van der Waals surface area contributed by atoms with Crippen LogP contribution in [0.4, 0.5) is 5.69 Å². The number of rotatable bonds is 2. The average Bonchev–Trinajstić information content (AvgIpc) is 2.48. The zero-order valence-corrected chi connectivity index (χ0v) is 14.0. The van der Waals surface area contributed by atoms with Gasteiger partial charge in [0.25, 0.3) is 5.56 Å². The Kier molecular flexibility index (Phi) is 5.03. The minimum atomic E-state index is -0.816. The number of carbonyl (C=O) groups is 2. The van der Waals surface area contributed by atoms with Crippen molar-refractivity contribution in [3.8, 4) is 0 Å². The molecule has 0 saturated carbocycles. The van der Waals surface area contributed by atoms with Gasteiger partial charge >= 0.3 is 11.8 Å². The predicted molar refractivity (Wildman–Crippen MR) is 89.2 cm³/mol. The Morgan fingerprint density at radius 3 is 2.61 bits per heavy atom. The van der Waals surface area contributed by atoms with E-state index in [1.807, 2.05) is 20.8 Å². The fraction of sp³-hybridized carbons (Fsp3) is 0.471. The van der Waals surface area contributed by atoms with E-state index in [1.54, 1.807) is 19.3 Å². The van der Waals surface area contributed by atoms with Gasteiger partial charge in [0.15, 0.2) is 0 Å². The average molecular weight is 317 g/mol. The first-order chi connectivity index (χ1) is 10.8. The molecule has 2 N–H and O–H groups in total. The standard InChI is InChI=1S/C17H23N3O3/c1-10-8-14(17(23)20(4)9-10)19-16(22)15(21)18-13-7-5-6-11(2)12(13)3/h8-9,13H,5-7H2,1-4H3,(H,18,21)(H,19,22). The monoisotopic (exact) mass is 317 g/mol. The van der Waals surface area contributed by atoms with Crippen molar-refractivity contribution in [1.29, 1.82) is 0 Å². The zero-order valence-electron chi connectivity index (χ0n) is 14.0. The summed E-state index contributed by atoms with van der Waals surface area (Å²) in [5.74, 6) is -1.53.